The van der Waals surface area contributed by atoms with E-state index in [-0.39, 0.29) is 0 Å². The minimum atomic E-state index is -4.15. The number of aryl methyl sites for hydroxylation is 1. The van der Waals surface area contributed by atoms with Crippen LogP contribution >= 0.6 is 0 Å². The Balaban J connectivity index is 1.44. The van der Waals surface area contributed by atoms with Gasteiger partial charge >= 0.3 is 6.18 Å². The third-order valence-electron chi connectivity index (χ3n) is 4.97. The van der Waals surface area contributed by atoms with Crippen molar-refractivity contribution < 1.29 is 13.2 Å². The normalized spacial score (nSPS) is 15.4. The molecule has 30 heavy (non-hydrogen) atoms. The van der Waals surface area contributed by atoms with Crippen LogP contribution in [0.5, 0.6) is 0 Å². The number of benzene rings is 2. The molecule has 158 valence electrons. The van der Waals surface area contributed by atoms with Gasteiger partial charge in [-0.25, -0.2) is 4.68 Å². The van der Waals surface area contributed by atoms with E-state index in [0.717, 1.165) is 22.6 Å². The largest absolute Gasteiger partial charge is 0.401 e. The summed E-state index contributed by atoms with van der Waals surface area (Å²) in [5.41, 5.74) is 3.79. The van der Waals surface area contributed by atoms with Crippen LogP contribution in [0, 0.1) is 6.92 Å². The van der Waals surface area contributed by atoms with Crippen molar-refractivity contribution in [3.8, 4) is 5.69 Å². The zero-order valence-electron chi connectivity index (χ0n) is 16.6. The molecule has 0 amide bonds. The number of hydrogen-bond donors (Lipinski definition) is 1. The number of hydrogen-bond acceptors (Lipinski definition) is 5. The molecular weight excluding hydrogens is 393 g/mol. The van der Waals surface area contributed by atoms with Crippen LogP contribution in [0.25, 0.3) is 5.69 Å². The first kappa shape index (κ1) is 20.2. The average molecular weight is 416 g/mol. The molecule has 0 atom stereocenters. The number of rotatable bonds is 5. The maximum Gasteiger partial charge on any atom is 0.401 e. The van der Waals surface area contributed by atoms with E-state index in [4.69, 9.17) is 0 Å². The molecule has 4 rings (SSSR count). The smallest absolute Gasteiger partial charge is 0.369 e. The standard InChI is InChI=1S/C21H23F3N6/c1-16-11-17(26-20-25-15-30(27-20)18-5-3-2-4-6-18)13-19(12-16)29-9-7-28(8-10-29)14-21(22,23)24/h2-6,11-13,15H,7-10,14H2,1H3,(H,26,27). The highest BCUT2D eigenvalue weighted by Crippen LogP contribution is 2.26. The predicted molar refractivity (Wildman–Crippen MR) is 111 cm³/mol. The molecule has 0 unspecified atom stereocenters. The molecule has 1 N–H and O–H groups in total. The van der Waals surface area contributed by atoms with E-state index in [9.17, 15) is 13.2 Å². The Hall–Kier alpha value is -3.07. The molecule has 1 saturated heterocycles. The number of alkyl halides is 3. The molecule has 0 radical (unpaired) electrons. The highest BCUT2D eigenvalue weighted by Gasteiger charge is 2.32. The minimum absolute atomic E-state index is 0.388. The van der Waals surface area contributed by atoms with Crippen LogP contribution in [-0.2, 0) is 0 Å². The number of aromatic nitrogens is 3. The molecule has 0 spiro atoms. The van der Waals surface area contributed by atoms with Crippen LogP contribution in [0.15, 0.2) is 54.9 Å². The van der Waals surface area contributed by atoms with Crippen LogP contribution in [0.4, 0.5) is 30.5 Å². The molecule has 1 aliphatic rings. The number of anilines is 3. The third kappa shape index (κ3) is 5.10. The van der Waals surface area contributed by atoms with Crippen LogP contribution in [-0.4, -0.2) is 58.6 Å². The molecule has 1 fully saturated rings. The van der Waals surface area contributed by atoms with E-state index < -0.39 is 12.7 Å². The second-order valence-corrected chi connectivity index (χ2v) is 7.41. The first-order valence-corrected chi connectivity index (χ1v) is 9.76. The fourth-order valence-corrected chi connectivity index (χ4v) is 3.59. The highest BCUT2D eigenvalue weighted by molar-refractivity contribution is 5.64. The molecule has 0 bridgehead atoms. The van der Waals surface area contributed by atoms with Gasteiger partial charge in [-0.2, -0.15) is 18.2 Å². The van der Waals surface area contributed by atoms with Crippen molar-refractivity contribution in [3.05, 3.63) is 60.4 Å². The summed E-state index contributed by atoms with van der Waals surface area (Å²) in [4.78, 5) is 7.88. The minimum Gasteiger partial charge on any atom is -0.369 e. The fraction of sp³-hybridized carbons (Fsp3) is 0.333. The van der Waals surface area contributed by atoms with Crippen molar-refractivity contribution in [2.45, 2.75) is 13.1 Å². The maximum absolute atomic E-state index is 12.6. The second-order valence-electron chi connectivity index (χ2n) is 7.41. The molecule has 2 aromatic carbocycles. The summed E-state index contributed by atoms with van der Waals surface area (Å²) in [5.74, 6) is 0.477. The average Bonchev–Trinajstić information content (AvgIpc) is 3.16. The summed E-state index contributed by atoms with van der Waals surface area (Å²) in [5, 5.41) is 7.68. The van der Waals surface area contributed by atoms with E-state index in [2.05, 4.69) is 20.3 Å². The van der Waals surface area contributed by atoms with Crippen molar-refractivity contribution in [1.82, 2.24) is 19.7 Å². The topological polar surface area (TPSA) is 49.2 Å². The molecular formula is C21H23F3N6. The first-order valence-electron chi connectivity index (χ1n) is 9.76. The van der Waals surface area contributed by atoms with E-state index in [1.54, 1.807) is 11.0 Å². The Labute approximate surface area is 172 Å². The molecule has 6 nitrogen and oxygen atoms in total. The third-order valence-corrected chi connectivity index (χ3v) is 4.97. The van der Waals surface area contributed by atoms with Crippen LogP contribution in [0.3, 0.4) is 0 Å². The molecule has 0 saturated carbocycles. The number of nitrogens with one attached hydrogen (secondary N) is 1. The lowest BCUT2D eigenvalue weighted by Gasteiger charge is -2.36. The number of nitrogens with zero attached hydrogens (tertiary/aromatic N) is 5. The van der Waals surface area contributed by atoms with Crippen LogP contribution in [0.2, 0.25) is 0 Å². The van der Waals surface area contributed by atoms with Crippen molar-refractivity contribution in [3.63, 3.8) is 0 Å². The van der Waals surface area contributed by atoms with Gasteiger partial charge in [-0.1, -0.05) is 18.2 Å². The van der Waals surface area contributed by atoms with E-state index in [0.29, 0.717) is 32.1 Å². The molecule has 9 heteroatoms. The van der Waals surface area contributed by atoms with Gasteiger partial charge in [-0.05, 0) is 42.8 Å². The molecule has 1 aromatic heterocycles. The number of halogens is 3. The fourth-order valence-electron chi connectivity index (χ4n) is 3.59. The van der Waals surface area contributed by atoms with E-state index in [1.807, 2.05) is 55.5 Å². The molecule has 2 heterocycles. The molecule has 1 aliphatic heterocycles. The van der Waals surface area contributed by atoms with Crippen LogP contribution in [0.1, 0.15) is 5.56 Å². The zero-order chi connectivity index (χ0) is 21.1. The number of para-hydroxylation sites is 1. The maximum atomic E-state index is 12.6. The number of piperazine rings is 1. The van der Waals surface area contributed by atoms with Gasteiger partial charge in [-0.15, -0.1) is 5.10 Å². The van der Waals surface area contributed by atoms with Crippen molar-refractivity contribution in [2.75, 3.05) is 42.9 Å². The summed E-state index contributed by atoms with van der Waals surface area (Å²) in [6, 6.07) is 15.7. The molecule has 0 aliphatic carbocycles. The van der Waals surface area contributed by atoms with Gasteiger partial charge in [0.05, 0.1) is 12.2 Å². The van der Waals surface area contributed by atoms with Gasteiger partial charge in [0.25, 0.3) is 0 Å². The Morgan fingerprint density at radius 1 is 0.967 bits per heavy atom. The van der Waals surface area contributed by atoms with E-state index in [1.165, 1.54) is 4.90 Å². The monoisotopic (exact) mass is 416 g/mol. The Bertz CT molecular complexity index is 978. The summed E-state index contributed by atoms with van der Waals surface area (Å²) in [6.45, 7) is 3.03. The zero-order valence-corrected chi connectivity index (χ0v) is 16.6. The van der Waals surface area contributed by atoms with Crippen molar-refractivity contribution in [2.24, 2.45) is 0 Å². The van der Waals surface area contributed by atoms with Gasteiger partial charge in [0, 0.05) is 37.6 Å². The van der Waals surface area contributed by atoms with Crippen LogP contribution < -0.4 is 10.2 Å². The highest BCUT2D eigenvalue weighted by atomic mass is 19.4. The Kier molecular flexibility index (Phi) is 5.63. The van der Waals surface area contributed by atoms with Gasteiger partial charge in [-0.3, -0.25) is 4.90 Å². The second kappa shape index (κ2) is 8.35. The lowest BCUT2D eigenvalue weighted by molar-refractivity contribution is -0.146. The summed E-state index contributed by atoms with van der Waals surface area (Å²) in [7, 11) is 0. The Morgan fingerprint density at radius 2 is 1.70 bits per heavy atom. The Morgan fingerprint density at radius 3 is 2.40 bits per heavy atom. The van der Waals surface area contributed by atoms with Gasteiger partial charge in [0.2, 0.25) is 5.95 Å². The molecule has 3 aromatic rings. The van der Waals surface area contributed by atoms with E-state index >= 15 is 0 Å². The summed E-state index contributed by atoms with van der Waals surface area (Å²) >= 11 is 0. The van der Waals surface area contributed by atoms with Crippen molar-refractivity contribution in [1.29, 1.82) is 0 Å². The summed E-state index contributed by atoms with van der Waals surface area (Å²) < 4.78 is 39.5. The first-order chi connectivity index (χ1) is 14.4. The SMILES string of the molecule is Cc1cc(Nc2ncn(-c3ccccc3)n2)cc(N2CCN(CC(F)(F)F)CC2)c1. The summed E-state index contributed by atoms with van der Waals surface area (Å²) in [6.07, 6.45) is -2.51. The lowest BCUT2D eigenvalue weighted by atomic mass is 10.1. The van der Waals surface area contributed by atoms with Gasteiger partial charge in [0.15, 0.2) is 0 Å². The predicted octanol–water partition coefficient (Wildman–Crippen LogP) is 4.00. The quantitative estimate of drug-likeness (QED) is 0.681. The lowest BCUT2D eigenvalue weighted by Crippen LogP contribution is -2.49. The van der Waals surface area contributed by atoms with Gasteiger partial charge in [0.1, 0.15) is 6.33 Å². The van der Waals surface area contributed by atoms with Crippen molar-refractivity contribution >= 4 is 17.3 Å². The van der Waals surface area contributed by atoms with Gasteiger partial charge < -0.3 is 10.2 Å².